The topological polar surface area (TPSA) is 58.2 Å². The van der Waals surface area contributed by atoms with Gasteiger partial charge in [-0.3, -0.25) is 4.79 Å². The maximum Gasteiger partial charge on any atom is 0.251 e. The van der Waals surface area contributed by atoms with Crippen LogP contribution in [0.1, 0.15) is 15.9 Å². The molecule has 0 saturated carbocycles. The lowest BCUT2D eigenvalue weighted by Crippen LogP contribution is -2.23. The molecule has 0 heterocycles. The molecule has 1 unspecified atom stereocenters. The SMILES string of the molecule is CS(=O)Nc1cccc(C(=O)NCc2ccc(Cl)cc2Cl)c1. The van der Waals surface area contributed by atoms with E-state index in [-0.39, 0.29) is 5.91 Å². The minimum absolute atomic E-state index is 0.239. The number of nitrogens with one attached hydrogen (secondary N) is 2. The van der Waals surface area contributed by atoms with E-state index in [2.05, 4.69) is 10.0 Å². The second-order valence-electron chi connectivity index (χ2n) is 4.56. The van der Waals surface area contributed by atoms with Crippen molar-refractivity contribution in [2.75, 3.05) is 11.0 Å². The number of hydrogen-bond donors (Lipinski definition) is 2. The molecular weight excluding hydrogens is 343 g/mol. The van der Waals surface area contributed by atoms with E-state index < -0.39 is 11.0 Å². The number of carbonyl (C=O) groups is 1. The Morgan fingerprint density at radius 2 is 1.95 bits per heavy atom. The van der Waals surface area contributed by atoms with Gasteiger partial charge in [-0.2, -0.15) is 0 Å². The first kappa shape index (κ1) is 16.8. The van der Waals surface area contributed by atoms with Gasteiger partial charge >= 0.3 is 0 Å². The first-order chi connectivity index (χ1) is 10.5. The van der Waals surface area contributed by atoms with Gasteiger partial charge in [0.05, 0.1) is 0 Å². The highest BCUT2D eigenvalue weighted by atomic mass is 35.5. The molecule has 2 rings (SSSR count). The Kier molecular flexibility index (Phi) is 5.83. The van der Waals surface area contributed by atoms with Crippen molar-refractivity contribution >= 4 is 45.8 Å². The highest BCUT2D eigenvalue weighted by Crippen LogP contribution is 2.21. The van der Waals surface area contributed by atoms with Crippen molar-refractivity contribution < 1.29 is 9.00 Å². The fourth-order valence-electron chi connectivity index (χ4n) is 1.83. The molecule has 0 radical (unpaired) electrons. The summed E-state index contributed by atoms with van der Waals surface area (Å²) in [5.41, 5.74) is 1.88. The molecule has 0 spiro atoms. The van der Waals surface area contributed by atoms with Crippen LogP contribution in [0, 0.1) is 0 Å². The Morgan fingerprint density at radius 3 is 2.64 bits per heavy atom. The van der Waals surface area contributed by atoms with Gasteiger partial charge < -0.3 is 10.0 Å². The van der Waals surface area contributed by atoms with Crippen molar-refractivity contribution in [3.8, 4) is 0 Å². The standard InChI is InChI=1S/C15H14Cl2N2O2S/c1-22(21)19-13-4-2-3-10(7-13)15(20)18-9-11-5-6-12(16)8-14(11)17/h2-8,19H,9H2,1H3,(H,18,20). The van der Waals surface area contributed by atoms with Crippen LogP contribution in [-0.2, 0) is 17.5 Å². The van der Waals surface area contributed by atoms with E-state index in [0.717, 1.165) is 5.56 Å². The Balaban J connectivity index is 2.04. The molecule has 0 aliphatic heterocycles. The number of hydrogen-bond acceptors (Lipinski definition) is 2. The van der Waals surface area contributed by atoms with Crippen LogP contribution in [0.5, 0.6) is 0 Å². The van der Waals surface area contributed by atoms with Gasteiger partial charge in [0, 0.05) is 34.1 Å². The molecule has 0 saturated heterocycles. The van der Waals surface area contributed by atoms with E-state index in [9.17, 15) is 9.00 Å². The van der Waals surface area contributed by atoms with Crippen LogP contribution in [0.4, 0.5) is 5.69 Å². The summed E-state index contributed by atoms with van der Waals surface area (Å²) in [6.07, 6.45) is 1.52. The maximum atomic E-state index is 12.2. The molecule has 4 nitrogen and oxygen atoms in total. The summed E-state index contributed by atoms with van der Waals surface area (Å²) in [6, 6.07) is 11.9. The van der Waals surface area contributed by atoms with Crippen molar-refractivity contribution in [3.63, 3.8) is 0 Å². The second kappa shape index (κ2) is 7.63. The summed E-state index contributed by atoms with van der Waals surface area (Å²) in [4.78, 5) is 12.2. The lowest BCUT2D eigenvalue weighted by atomic mass is 10.1. The van der Waals surface area contributed by atoms with Crippen molar-refractivity contribution in [1.82, 2.24) is 5.32 Å². The van der Waals surface area contributed by atoms with Crippen molar-refractivity contribution in [2.24, 2.45) is 0 Å². The number of benzene rings is 2. The quantitative estimate of drug-likeness (QED) is 0.859. The fraction of sp³-hybridized carbons (Fsp3) is 0.133. The molecule has 2 aromatic rings. The van der Waals surface area contributed by atoms with Gasteiger partial charge in [0.2, 0.25) is 0 Å². The molecule has 0 fully saturated rings. The molecule has 7 heteroatoms. The Hall–Kier alpha value is -1.56. The van der Waals surface area contributed by atoms with E-state index in [1.807, 2.05) is 0 Å². The van der Waals surface area contributed by atoms with Gasteiger partial charge in [0.1, 0.15) is 11.0 Å². The summed E-state index contributed by atoms with van der Waals surface area (Å²) in [5.74, 6) is -0.239. The van der Waals surface area contributed by atoms with Crippen LogP contribution in [0.25, 0.3) is 0 Å². The van der Waals surface area contributed by atoms with E-state index in [1.165, 1.54) is 6.26 Å². The van der Waals surface area contributed by atoms with Crippen LogP contribution < -0.4 is 10.0 Å². The van der Waals surface area contributed by atoms with Gasteiger partial charge in [-0.05, 0) is 35.9 Å². The van der Waals surface area contributed by atoms with Gasteiger partial charge in [-0.15, -0.1) is 0 Å². The van der Waals surface area contributed by atoms with E-state index in [4.69, 9.17) is 23.2 Å². The van der Waals surface area contributed by atoms with Crippen LogP contribution in [-0.4, -0.2) is 16.4 Å². The molecule has 0 aromatic heterocycles. The average molecular weight is 357 g/mol. The molecular formula is C15H14Cl2N2O2S. The number of amides is 1. The summed E-state index contributed by atoms with van der Waals surface area (Å²) >= 11 is 11.9. The first-order valence-corrected chi connectivity index (χ1v) is 8.69. The number of anilines is 1. The molecule has 1 atom stereocenters. The zero-order valence-corrected chi connectivity index (χ0v) is 14.1. The van der Waals surface area contributed by atoms with Gasteiger partial charge in [0.25, 0.3) is 5.91 Å². The van der Waals surface area contributed by atoms with E-state index in [0.29, 0.717) is 27.8 Å². The number of carbonyl (C=O) groups excluding carboxylic acids is 1. The van der Waals surface area contributed by atoms with E-state index >= 15 is 0 Å². The molecule has 2 aromatic carbocycles. The molecule has 2 N–H and O–H groups in total. The predicted octanol–water partition coefficient (Wildman–Crippen LogP) is 3.63. The summed E-state index contributed by atoms with van der Waals surface area (Å²) in [5, 5.41) is 3.84. The van der Waals surface area contributed by atoms with Crippen molar-refractivity contribution in [1.29, 1.82) is 0 Å². The Bertz CT molecular complexity index is 722. The largest absolute Gasteiger partial charge is 0.348 e. The third-order valence-electron chi connectivity index (χ3n) is 2.84. The van der Waals surface area contributed by atoms with Crippen LogP contribution in [0.15, 0.2) is 42.5 Å². The lowest BCUT2D eigenvalue weighted by Gasteiger charge is -2.09. The van der Waals surface area contributed by atoms with Gasteiger partial charge in [-0.1, -0.05) is 35.3 Å². The summed E-state index contributed by atoms with van der Waals surface area (Å²) in [7, 11) is -1.19. The normalized spacial score (nSPS) is 11.8. The number of halogens is 2. The summed E-state index contributed by atoms with van der Waals surface area (Å²) in [6.45, 7) is 0.298. The maximum absolute atomic E-state index is 12.2. The third kappa shape index (κ3) is 4.73. The van der Waals surface area contributed by atoms with Crippen LogP contribution in [0.2, 0.25) is 10.0 Å². The molecule has 0 aliphatic carbocycles. The smallest absolute Gasteiger partial charge is 0.251 e. The van der Waals surface area contributed by atoms with Crippen LogP contribution >= 0.6 is 23.2 Å². The van der Waals surface area contributed by atoms with Gasteiger partial charge in [0.15, 0.2) is 0 Å². The minimum Gasteiger partial charge on any atom is -0.348 e. The number of rotatable bonds is 5. The lowest BCUT2D eigenvalue weighted by molar-refractivity contribution is 0.0951. The highest BCUT2D eigenvalue weighted by molar-refractivity contribution is 7.85. The van der Waals surface area contributed by atoms with Gasteiger partial charge in [-0.25, -0.2) is 4.21 Å². The fourth-order valence-corrected chi connectivity index (χ4v) is 2.77. The van der Waals surface area contributed by atoms with E-state index in [1.54, 1.807) is 42.5 Å². The second-order valence-corrected chi connectivity index (χ2v) is 6.51. The third-order valence-corrected chi connectivity index (χ3v) is 3.95. The monoisotopic (exact) mass is 356 g/mol. The molecule has 22 heavy (non-hydrogen) atoms. The average Bonchev–Trinajstić information content (AvgIpc) is 2.45. The molecule has 116 valence electrons. The summed E-state index contributed by atoms with van der Waals surface area (Å²) < 4.78 is 13.9. The Morgan fingerprint density at radius 1 is 1.18 bits per heavy atom. The predicted molar refractivity (Wildman–Crippen MR) is 91.8 cm³/mol. The Labute approximate surface area is 141 Å². The minimum atomic E-state index is -1.19. The molecule has 0 bridgehead atoms. The zero-order valence-electron chi connectivity index (χ0n) is 11.7. The van der Waals surface area contributed by atoms with Crippen molar-refractivity contribution in [3.05, 3.63) is 63.6 Å². The zero-order chi connectivity index (χ0) is 16.1. The molecule has 0 aliphatic rings. The van der Waals surface area contributed by atoms with Crippen molar-refractivity contribution in [2.45, 2.75) is 6.54 Å². The molecule has 1 amide bonds. The van der Waals surface area contributed by atoms with Crippen LogP contribution in [0.3, 0.4) is 0 Å². The first-order valence-electron chi connectivity index (χ1n) is 6.38. The highest BCUT2D eigenvalue weighted by Gasteiger charge is 2.08.